The Morgan fingerprint density at radius 3 is 0.397 bits per heavy atom. The van der Waals surface area contributed by atoms with Crippen molar-refractivity contribution in [3.05, 3.63) is 0 Å². The van der Waals surface area contributed by atoms with Crippen LogP contribution < -0.4 is 0 Å². The van der Waals surface area contributed by atoms with E-state index >= 15 is 0 Å². The number of thiocarbonyl (C=S) groups is 8. The van der Waals surface area contributed by atoms with Crippen molar-refractivity contribution in [1.82, 2.24) is 78.4 Å². The van der Waals surface area contributed by atoms with Gasteiger partial charge in [-0.1, -0.05) is 0 Å². The zero-order valence-corrected chi connectivity index (χ0v) is 61.9. The maximum atomic E-state index is 5.20. The molecule has 0 aliphatic carbocycles. The van der Waals surface area contributed by atoms with Crippen LogP contribution in [0.15, 0.2) is 0 Å². The summed E-state index contributed by atoms with van der Waals surface area (Å²) >= 11 is 41.2. The van der Waals surface area contributed by atoms with Crippen LogP contribution >= 0.6 is 97.7 Å². The molecule has 26 heteroatoms. The van der Waals surface area contributed by atoms with E-state index in [2.05, 4.69) is 134 Å². The molecular weight excluding hydrogens is 1500 g/mol. The quantitative estimate of drug-likeness (QED) is 0.316. The molecule has 0 radical (unpaired) electrons. The Labute approximate surface area is 548 Å². The average molecular weight is 1600 g/mol. The first-order chi connectivity index (χ1) is 35.9. The first kappa shape index (κ1) is 79.0. The number of rotatable bonds is 4. The van der Waals surface area contributed by atoms with Crippen molar-refractivity contribution < 1.29 is 42.1 Å². The molecule has 0 bridgehead atoms. The fraction of sp³-hybridized carbons (Fsp3) is 0.846. The van der Waals surface area contributed by atoms with E-state index in [0.29, 0.717) is 0 Å². The Bertz CT molecular complexity index is 1500. The molecule has 8 rings (SSSR count). The summed E-state index contributed by atoms with van der Waals surface area (Å²) in [5.41, 5.74) is 0. The second-order valence-corrected chi connectivity index (χ2v) is 23.4. The number of hydrogen-bond donors (Lipinski definition) is 0. The first-order valence-electron chi connectivity index (χ1n) is 27.7. The predicted octanol–water partition coefficient (Wildman–Crippen LogP) is 5.86. The SMILES string of the molecule is CCN1CCCN(C)C1=S.CCN1CCCN(C)C1=S.CCN1CCCN(C)C1=S.CCN1CCCN(C)C1=S.CN1CCCN(C)C1=S.CN1CCCN(C)C1=S.CN1CCCN(C)C1=S.CN1CCCN(C)C1=S.[Pt+2].[Pt+2]. The van der Waals surface area contributed by atoms with E-state index in [1.807, 2.05) is 56.4 Å². The molecule has 8 fully saturated rings. The molecule has 0 spiro atoms. The molecule has 8 saturated heterocycles. The molecule has 0 saturated carbocycles. The van der Waals surface area contributed by atoms with Gasteiger partial charge in [-0.05, 0) is 177 Å². The summed E-state index contributed by atoms with van der Waals surface area (Å²) < 4.78 is 0. The van der Waals surface area contributed by atoms with Gasteiger partial charge in [-0.3, -0.25) is 0 Å². The van der Waals surface area contributed by atoms with Gasteiger partial charge in [0.1, 0.15) is 0 Å². The number of hydrogen-bond acceptors (Lipinski definition) is 8. The monoisotopic (exact) mass is 1600 g/mol. The molecule has 0 unspecified atom stereocenters. The van der Waals surface area contributed by atoms with Crippen molar-refractivity contribution in [3.8, 4) is 0 Å². The van der Waals surface area contributed by atoms with Gasteiger partial charge in [0.2, 0.25) is 0 Å². The third-order valence-electron chi connectivity index (χ3n) is 14.2. The van der Waals surface area contributed by atoms with Crippen LogP contribution in [-0.4, -0.2) is 335 Å². The molecule has 456 valence electrons. The second kappa shape index (κ2) is 43.5. The summed E-state index contributed by atoms with van der Waals surface area (Å²) in [6.07, 6.45) is 9.88. The summed E-state index contributed by atoms with van der Waals surface area (Å²) in [5, 5.41) is 7.93. The second-order valence-electron chi connectivity index (χ2n) is 20.5. The fourth-order valence-corrected chi connectivity index (χ4v) is 11.0. The molecular formula is C52H104N16Pt2S8+4. The van der Waals surface area contributed by atoms with Crippen LogP contribution in [0.5, 0.6) is 0 Å². The zero-order valence-electron chi connectivity index (χ0n) is 50.9. The van der Waals surface area contributed by atoms with Crippen molar-refractivity contribution in [3.63, 3.8) is 0 Å². The third-order valence-corrected chi connectivity index (χ3v) is 18.9. The summed E-state index contributed by atoms with van der Waals surface area (Å²) in [7, 11) is 24.6. The molecule has 8 aliphatic rings. The Kier molecular flexibility index (Phi) is 44.1. The molecule has 78 heavy (non-hydrogen) atoms. The van der Waals surface area contributed by atoms with Gasteiger partial charge < -0.3 is 78.4 Å². The van der Waals surface area contributed by atoms with Gasteiger partial charge in [0, 0.05) is 215 Å². The molecule has 8 heterocycles. The van der Waals surface area contributed by atoms with Crippen molar-refractivity contribution in [1.29, 1.82) is 0 Å². The Hall–Kier alpha value is -1.10. The van der Waals surface area contributed by atoms with Crippen LogP contribution in [0.4, 0.5) is 0 Å². The fourth-order valence-electron chi connectivity index (χ4n) is 9.01. The molecule has 0 atom stereocenters. The Morgan fingerprint density at radius 1 is 0.205 bits per heavy atom. The van der Waals surface area contributed by atoms with Crippen molar-refractivity contribution >= 4 is 139 Å². The van der Waals surface area contributed by atoms with E-state index in [1.54, 1.807) is 0 Å². The zero-order chi connectivity index (χ0) is 57.7. The molecule has 0 aromatic heterocycles. The molecule has 16 nitrogen and oxygen atoms in total. The molecule has 0 aromatic rings. The van der Waals surface area contributed by atoms with E-state index in [0.717, 1.165) is 172 Å². The first-order valence-corrected chi connectivity index (χ1v) is 31.0. The van der Waals surface area contributed by atoms with Gasteiger partial charge in [-0.15, -0.1) is 0 Å². The normalized spacial score (nSPS) is 19.9. The van der Waals surface area contributed by atoms with E-state index < -0.39 is 0 Å². The Balaban J connectivity index is 0. The molecule has 8 aliphatic heterocycles. The van der Waals surface area contributed by atoms with Crippen LogP contribution in [-0.2, 0) is 42.1 Å². The van der Waals surface area contributed by atoms with Gasteiger partial charge in [0.25, 0.3) is 0 Å². The third kappa shape index (κ3) is 28.9. The van der Waals surface area contributed by atoms with Crippen LogP contribution in [0, 0.1) is 0 Å². The maximum Gasteiger partial charge on any atom is 2.00 e. The minimum Gasteiger partial charge on any atom is -0.352 e. The predicted molar refractivity (Wildman–Crippen MR) is 358 cm³/mol. The summed E-state index contributed by atoms with van der Waals surface area (Å²) in [6, 6.07) is 0. The van der Waals surface area contributed by atoms with Crippen molar-refractivity contribution in [2.24, 2.45) is 0 Å². The number of nitrogens with zero attached hydrogens (tertiary/aromatic N) is 16. The summed E-state index contributed by atoms with van der Waals surface area (Å²) in [4.78, 5) is 34.4. The molecule has 0 aromatic carbocycles. The van der Waals surface area contributed by atoms with E-state index in [4.69, 9.17) is 97.7 Å². The maximum absolute atomic E-state index is 5.20. The average Bonchev–Trinajstić information content (AvgIpc) is 3.40. The molecule has 0 N–H and O–H groups in total. The van der Waals surface area contributed by atoms with Gasteiger partial charge in [0.05, 0.1) is 0 Å². The summed E-state index contributed by atoms with van der Waals surface area (Å²) in [6.45, 7) is 30.7. The minimum atomic E-state index is 0. The topological polar surface area (TPSA) is 51.8 Å². The standard InChI is InChI=1S/4C7H14N2S.4C6H12N2S.2Pt/c4*1-3-9-6-4-5-8(2)7(9)10;4*1-7-4-3-5-8(2)6(7)9;;/h4*3-6H2,1-2H3;4*3-5H2,1-2H3;;/q;;;;;;;;2*+2. The summed E-state index contributed by atoms with van der Waals surface area (Å²) in [5.74, 6) is 0. The van der Waals surface area contributed by atoms with Gasteiger partial charge >= 0.3 is 42.1 Å². The van der Waals surface area contributed by atoms with Gasteiger partial charge in [-0.25, -0.2) is 0 Å². The van der Waals surface area contributed by atoms with Crippen molar-refractivity contribution in [2.45, 2.75) is 79.1 Å². The van der Waals surface area contributed by atoms with Crippen LogP contribution in [0.1, 0.15) is 79.1 Å². The Morgan fingerprint density at radius 2 is 0.308 bits per heavy atom. The molecule has 0 amide bonds. The largest absolute Gasteiger partial charge is 2.00 e. The van der Waals surface area contributed by atoms with Crippen LogP contribution in [0.25, 0.3) is 0 Å². The van der Waals surface area contributed by atoms with Crippen LogP contribution in [0.3, 0.4) is 0 Å². The van der Waals surface area contributed by atoms with Gasteiger partial charge in [0.15, 0.2) is 40.9 Å². The van der Waals surface area contributed by atoms with E-state index in [-0.39, 0.29) is 42.1 Å². The van der Waals surface area contributed by atoms with E-state index in [9.17, 15) is 0 Å². The van der Waals surface area contributed by atoms with Crippen molar-refractivity contribution in [2.75, 3.05) is 215 Å². The van der Waals surface area contributed by atoms with Gasteiger partial charge in [-0.2, -0.15) is 0 Å². The van der Waals surface area contributed by atoms with E-state index in [1.165, 1.54) is 51.4 Å². The smallest absolute Gasteiger partial charge is 0.352 e. The van der Waals surface area contributed by atoms with Crippen LogP contribution in [0.2, 0.25) is 0 Å². The minimum absolute atomic E-state index is 0.